The van der Waals surface area contributed by atoms with Crippen LogP contribution in [0.1, 0.15) is 30.5 Å². The highest BCUT2D eigenvalue weighted by Crippen LogP contribution is 2.32. The number of nitrogens with two attached hydrogens (primary N) is 2. The molecule has 0 spiro atoms. The fraction of sp³-hybridized carbons (Fsp3) is 0.179. The van der Waals surface area contributed by atoms with Crippen LogP contribution in [0.2, 0.25) is 0 Å². The van der Waals surface area contributed by atoms with Crippen molar-refractivity contribution in [2.45, 2.75) is 46.3 Å². The third-order valence-electron chi connectivity index (χ3n) is 7.99. The van der Waals surface area contributed by atoms with Gasteiger partial charge in [-0.05, 0) is 29.5 Å². The summed E-state index contributed by atoms with van der Waals surface area (Å²) in [7, 11) is -11.9. The van der Waals surface area contributed by atoms with E-state index >= 15 is 0 Å². The first-order chi connectivity index (χ1) is 32.5. The van der Waals surface area contributed by atoms with Gasteiger partial charge in [0, 0.05) is 20.4 Å². The quantitative estimate of drug-likeness (QED) is 0.0331. The summed E-state index contributed by atoms with van der Waals surface area (Å²) in [5.41, 5.74) is 13.8. The second kappa shape index (κ2) is 25.2. The lowest BCUT2D eigenvalue weighted by atomic mass is 10.2. The Balaban J connectivity index is 0.000000210. The monoisotopic (exact) mass is 1080 g/mol. The van der Waals surface area contributed by atoms with Crippen LogP contribution < -0.4 is 26.3 Å². The average Bonchev–Trinajstić information content (AvgIpc) is 4.12. The Hall–Kier alpha value is -6.44. The number of amides is 2. The Morgan fingerprint density at radius 2 is 0.899 bits per heavy atom. The number of nitrogen functional groups attached to an aromatic ring is 1. The van der Waals surface area contributed by atoms with Gasteiger partial charge in [0.2, 0.25) is 90.4 Å². The molecule has 7 aromatic rings. The van der Waals surface area contributed by atoms with Gasteiger partial charge in [0.25, 0.3) is 4.34 Å². The summed E-state index contributed by atoms with van der Waals surface area (Å²) >= 11 is 2.00. The molecule has 0 fully saturated rings. The minimum absolute atomic E-state index is 0.00840. The fourth-order valence-corrected chi connectivity index (χ4v) is 11.2. The number of aryl methyl sites for hydroxylation is 2. The van der Waals surface area contributed by atoms with Crippen LogP contribution in [-0.4, -0.2) is 79.2 Å². The van der Waals surface area contributed by atoms with Gasteiger partial charge in [-0.2, -0.15) is 17.2 Å². The third kappa shape index (κ3) is 16.9. The average molecular weight is 1080 g/mol. The van der Waals surface area contributed by atoms with Gasteiger partial charge in [-0.1, -0.05) is 125 Å². The first-order valence-corrected chi connectivity index (χ1v) is 26.2. The maximum atomic E-state index is 13.4. The molecule has 0 aliphatic rings. The third-order valence-corrected chi connectivity index (χ3v) is 16.3. The number of nitrogens with zero attached hydrogens (tertiary/aromatic N) is 6. The zero-order valence-corrected chi connectivity index (χ0v) is 40.4. The van der Waals surface area contributed by atoms with E-state index in [1.165, 1.54) is 12.5 Å². The number of carbonyl (C=O) groups is 2. The van der Waals surface area contributed by atoms with E-state index in [1.807, 2.05) is 91.0 Å². The number of aromatic nitrogens is 6. The van der Waals surface area contributed by atoms with Gasteiger partial charge >= 0.3 is 10.1 Å². The predicted octanol–water partition coefficient (Wildman–Crippen LogP) is 5.75. The Kier molecular flexibility index (Phi) is 20.2. The van der Waals surface area contributed by atoms with Crippen LogP contribution in [0.15, 0.2) is 104 Å². The number of hydrogen-bond acceptors (Lipinski definition) is 20. The summed E-state index contributed by atoms with van der Waals surface area (Å²) in [4.78, 5) is 21.6. The van der Waals surface area contributed by atoms with Crippen molar-refractivity contribution in [3.05, 3.63) is 137 Å². The van der Waals surface area contributed by atoms with E-state index < -0.39 is 74.9 Å². The molecule has 19 nitrogen and oxygen atoms in total. The van der Waals surface area contributed by atoms with Crippen molar-refractivity contribution in [2.75, 3.05) is 27.9 Å². The molecule has 4 aromatic carbocycles. The van der Waals surface area contributed by atoms with E-state index in [1.54, 1.807) is 0 Å². The summed E-state index contributed by atoms with van der Waals surface area (Å²) in [6.45, 7) is 3.05. The predicted molar refractivity (Wildman–Crippen MR) is 246 cm³/mol. The van der Waals surface area contributed by atoms with Crippen LogP contribution in [0.4, 0.5) is 37.3 Å². The van der Waals surface area contributed by atoms with Crippen LogP contribution in [0.3, 0.4) is 0 Å². The SMILES string of the molecule is CC(=O)Nc1nnc(S(=O)(=O)CCc2ccccc2)s1.CC(=O)Nc1nnc(S(=O)(=O)Oc2c(F)c(F)c(F)c(F)c2F)s1.NCc1ccccc1.Nc1nnc(S(=O)(=O)CCc2ccccc2)s1. The molecule has 0 saturated heterocycles. The highest BCUT2D eigenvalue weighted by molar-refractivity contribution is 7.93. The highest BCUT2D eigenvalue weighted by Gasteiger charge is 2.33. The molecule has 0 unspecified atom stereocenters. The number of anilines is 3. The van der Waals surface area contributed by atoms with E-state index in [0.29, 0.717) is 19.4 Å². The lowest BCUT2D eigenvalue weighted by Crippen LogP contribution is -2.14. The molecule has 0 radical (unpaired) electrons. The lowest BCUT2D eigenvalue weighted by Gasteiger charge is -2.08. The van der Waals surface area contributed by atoms with Gasteiger partial charge in [-0.3, -0.25) is 9.59 Å². The number of carbonyl (C=O) groups excluding carboxylic acids is 2. The van der Waals surface area contributed by atoms with Crippen LogP contribution in [0.25, 0.3) is 0 Å². The van der Waals surface area contributed by atoms with Gasteiger partial charge in [-0.15, -0.1) is 30.6 Å². The van der Waals surface area contributed by atoms with Gasteiger partial charge < -0.3 is 26.3 Å². The van der Waals surface area contributed by atoms with Crippen molar-refractivity contribution < 1.29 is 61.0 Å². The van der Waals surface area contributed by atoms with Crippen LogP contribution >= 0.6 is 34.0 Å². The first kappa shape index (κ1) is 55.2. The summed E-state index contributed by atoms with van der Waals surface area (Å²) in [6, 6.07) is 28.8. The van der Waals surface area contributed by atoms with Gasteiger partial charge in [-0.25, -0.2) is 30.0 Å². The molecule has 3 heterocycles. The first-order valence-electron chi connectivity index (χ1n) is 19.1. The van der Waals surface area contributed by atoms with Crippen molar-refractivity contribution in [3.8, 4) is 5.75 Å². The topological polar surface area (TPSA) is 299 Å². The van der Waals surface area contributed by atoms with E-state index in [9.17, 15) is 56.8 Å². The van der Waals surface area contributed by atoms with Crippen molar-refractivity contribution in [2.24, 2.45) is 5.73 Å². The van der Waals surface area contributed by atoms with Crippen molar-refractivity contribution in [3.63, 3.8) is 0 Å². The van der Waals surface area contributed by atoms with Crippen molar-refractivity contribution in [1.82, 2.24) is 30.6 Å². The molecule has 0 aliphatic carbocycles. The molecule has 0 aliphatic heterocycles. The number of hydrogen-bond donors (Lipinski definition) is 4. The second-order valence-corrected chi connectivity index (χ2v) is 22.5. The second-order valence-electron chi connectivity index (χ2n) is 13.2. The Labute approximate surface area is 402 Å². The normalized spacial score (nSPS) is 11.1. The van der Waals surface area contributed by atoms with Crippen LogP contribution in [0.5, 0.6) is 5.75 Å². The van der Waals surface area contributed by atoms with Gasteiger partial charge in [0.1, 0.15) is 0 Å². The van der Waals surface area contributed by atoms with E-state index in [0.717, 1.165) is 40.7 Å². The Morgan fingerprint density at radius 3 is 1.28 bits per heavy atom. The van der Waals surface area contributed by atoms with E-state index in [2.05, 4.69) is 45.4 Å². The molecule has 69 heavy (non-hydrogen) atoms. The van der Waals surface area contributed by atoms with Crippen LogP contribution in [0, 0.1) is 29.1 Å². The molecule has 0 saturated carbocycles. The lowest BCUT2D eigenvalue weighted by molar-refractivity contribution is -0.115. The molecule has 7 rings (SSSR count). The maximum Gasteiger partial charge on any atom is 0.369 e. The molecule has 2 amide bonds. The van der Waals surface area contributed by atoms with E-state index in [-0.39, 0.29) is 52.8 Å². The smallest absolute Gasteiger partial charge is 0.369 e. The minimum Gasteiger partial charge on any atom is -0.374 e. The van der Waals surface area contributed by atoms with Crippen molar-refractivity contribution >= 4 is 91.0 Å². The Morgan fingerprint density at radius 1 is 0.536 bits per heavy atom. The van der Waals surface area contributed by atoms with Crippen LogP contribution in [-0.2, 0) is 58.8 Å². The van der Waals surface area contributed by atoms with E-state index in [4.69, 9.17) is 11.5 Å². The summed E-state index contributed by atoms with van der Waals surface area (Å²) in [5, 5.41) is 25.2. The molecular formula is C39H37F5N10O9S6. The fourth-order valence-electron chi connectivity index (χ4n) is 4.78. The molecule has 0 atom stereocenters. The minimum atomic E-state index is -5.06. The molecular weight excluding hydrogens is 1040 g/mol. The van der Waals surface area contributed by atoms with Crippen molar-refractivity contribution in [1.29, 1.82) is 0 Å². The molecule has 30 heteroatoms. The molecule has 368 valence electrons. The number of rotatable bonds is 14. The zero-order chi connectivity index (χ0) is 50.9. The largest absolute Gasteiger partial charge is 0.374 e. The molecule has 6 N–H and O–H groups in total. The number of nitrogens with one attached hydrogen (secondary N) is 2. The maximum absolute atomic E-state index is 13.4. The summed E-state index contributed by atoms with van der Waals surface area (Å²) in [5.74, 6) is -15.1. The zero-order valence-electron chi connectivity index (χ0n) is 35.5. The number of benzene rings is 4. The number of sulfone groups is 2. The van der Waals surface area contributed by atoms with Gasteiger partial charge in [0.15, 0.2) is 0 Å². The summed E-state index contributed by atoms with van der Waals surface area (Å²) < 4.78 is 140. The van der Waals surface area contributed by atoms with Gasteiger partial charge in [0.05, 0.1) is 11.5 Å². The molecule has 0 bridgehead atoms. The highest BCUT2D eigenvalue weighted by atomic mass is 32.3. The standard InChI is InChI=1S/C12H13N3O3S2.C10H4F5N3O4S2.C10H11N3O2S2.C7H9N/c1-9(16)13-11-14-15-12(19-11)20(17,18)8-7-10-5-3-2-4-6-10;1-2(19)16-9-17-18-10(23-9)24(20,21)22-8-6(14)4(12)3(11)5(13)7(8)15;11-9-12-13-10(16-9)17(14,15)7-6-8-4-2-1-3-5-8;8-6-7-4-2-1-3-5-7/h2-6H,7-8H2,1H3,(H,13,14,16);1H3,(H,16,17,19);1-5H,6-7H2,(H2,11,12);1-5H,6,8H2. The molecule has 3 aromatic heterocycles. The summed E-state index contributed by atoms with van der Waals surface area (Å²) in [6.07, 6.45) is 0.876. The number of halogens is 5. The Bertz CT molecular complexity index is 3140.